The summed E-state index contributed by atoms with van der Waals surface area (Å²) in [6.45, 7) is 1.02. The van der Waals surface area contributed by atoms with Crippen molar-refractivity contribution in [1.29, 1.82) is 0 Å². The lowest BCUT2D eigenvalue weighted by Gasteiger charge is -2.17. The van der Waals surface area contributed by atoms with E-state index in [-0.39, 0.29) is 39.7 Å². The summed E-state index contributed by atoms with van der Waals surface area (Å²) in [5.74, 6) is -0.694. The summed E-state index contributed by atoms with van der Waals surface area (Å²) in [5.41, 5.74) is 12.3. The smallest absolute Gasteiger partial charge is 0.248 e. The van der Waals surface area contributed by atoms with Crippen molar-refractivity contribution < 1.29 is 13.2 Å². The number of rotatable bonds is 5. The van der Waals surface area contributed by atoms with Crippen LogP contribution in [0, 0.1) is 5.92 Å². The Balaban J connectivity index is 0.00000261. The fourth-order valence-electron chi connectivity index (χ4n) is 3.35. The number of nitrogens with zero attached hydrogens (tertiary/aromatic N) is 1. The van der Waals surface area contributed by atoms with Gasteiger partial charge in [-0.15, -0.1) is 12.4 Å². The molecular weight excluding hydrogens is 409 g/mol. The molecule has 1 heterocycles. The molecule has 0 aliphatic carbocycles. The number of hydrogen-bond donors (Lipinski definition) is 2. The van der Waals surface area contributed by atoms with Gasteiger partial charge in [0.1, 0.15) is 0 Å². The van der Waals surface area contributed by atoms with Crippen LogP contribution in [-0.4, -0.2) is 38.3 Å². The van der Waals surface area contributed by atoms with Crippen molar-refractivity contribution in [2.75, 3.05) is 19.6 Å². The van der Waals surface area contributed by atoms with E-state index in [0.717, 1.165) is 5.56 Å². The van der Waals surface area contributed by atoms with Gasteiger partial charge in [0.25, 0.3) is 0 Å². The van der Waals surface area contributed by atoms with E-state index in [4.69, 9.17) is 23.1 Å². The van der Waals surface area contributed by atoms with E-state index in [1.165, 1.54) is 22.5 Å². The van der Waals surface area contributed by atoms with Crippen LogP contribution < -0.4 is 11.5 Å². The highest BCUT2D eigenvalue weighted by atomic mass is 35.5. The zero-order valence-electron chi connectivity index (χ0n) is 14.4. The van der Waals surface area contributed by atoms with Gasteiger partial charge in [0.05, 0.1) is 4.90 Å². The van der Waals surface area contributed by atoms with Crippen LogP contribution in [0.25, 0.3) is 0 Å². The Morgan fingerprint density at radius 1 is 1.15 bits per heavy atom. The highest BCUT2D eigenvalue weighted by Gasteiger charge is 2.39. The molecule has 1 amide bonds. The molecule has 2 aromatic rings. The van der Waals surface area contributed by atoms with Gasteiger partial charge in [0, 0.05) is 29.6 Å². The number of carbonyl (C=O) groups excluding carboxylic acids is 1. The average Bonchev–Trinajstić information content (AvgIpc) is 3.07. The Morgan fingerprint density at radius 2 is 1.81 bits per heavy atom. The summed E-state index contributed by atoms with van der Waals surface area (Å²) < 4.78 is 27.5. The van der Waals surface area contributed by atoms with Crippen molar-refractivity contribution in [1.82, 2.24) is 4.31 Å². The molecule has 6 nitrogen and oxygen atoms in total. The van der Waals surface area contributed by atoms with Gasteiger partial charge in [-0.1, -0.05) is 41.9 Å². The first-order valence-corrected chi connectivity index (χ1v) is 10.0. The molecule has 4 N–H and O–H groups in total. The normalized spacial score (nSPS) is 20.2. The standard InChI is InChI=1S/C18H20ClN3O3S.ClH/c19-15-6-13(18(21)23)7-16(8-15)26(24,25)22-10-14(9-20)17(11-22)12-4-2-1-3-5-12;/h1-8,14,17H,9-11,20H2,(H2,21,23);1H/t14-,17+;/m1./s1. The van der Waals surface area contributed by atoms with Crippen LogP contribution in [0.2, 0.25) is 5.02 Å². The Bertz CT molecular complexity index is 923. The molecule has 2 atom stereocenters. The summed E-state index contributed by atoms with van der Waals surface area (Å²) in [6.07, 6.45) is 0. The second kappa shape index (κ2) is 8.58. The minimum atomic E-state index is -3.82. The third-order valence-corrected chi connectivity index (χ3v) is 6.76. The predicted octanol–water partition coefficient (Wildman–Crippen LogP) is 2.22. The molecule has 1 saturated heterocycles. The summed E-state index contributed by atoms with van der Waals surface area (Å²) in [6, 6.07) is 13.7. The second-order valence-electron chi connectivity index (χ2n) is 6.37. The van der Waals surface area contributed by atoms with E-state index < -0.39 is 15.9 Å². The van der Waals surface area contributed by atoms with Crippen molar-refractivity contribution in [2.45, 2.75) is 10.8 Å². The zero-order valence-corrected chi connectivity index (χ0v) is 16.8. The van der Waals surface area contributed by atoms with E-state index in [2.05, 4.69) is 0 Å². The Labute approximate surface area is 169 Å². The quantitative estimate of drug-likeness (QED) is 0.759. The van der Waals surface area contributed by atoms with Crippen LogP contribution in [0.5, 0.6) is 0 Å². The molecule has 0 unspecified atom stereocenters. The Kier molecular flexibility index (Phi) is 6.88. The number of carbonyl (C=O) groups is 1. The van der Waals surface area contributed by atoms with Gasteiger partial charge in [-0.25, -0.2) is 8.42 Å². The van der Waals surface area contributed by atoms with Crippen LogP contribution >= 0.6 is 24.0 Å². The van der Waals surface area contributed by atoms with Crippen molar-refractivity contribution >= 4 is 39.9 Å². The van der Waals surface area contributed by atoms with Crippen molar-refractivity contribution in [3.8, 4) is 0 Å². The second-order valence-corrected chi connectivity index (χ2v) is 8.75. The lowest BCUT2D eigenvalue weighted by Crippen LogP contribution is -2.30. The first-order chi connectivity index (χ1) is 12.3. The van der Waals surface area contributed by atoms with Gasteiger partial charge in [0.2, 0.25) is 15.9 Å². The predicted molar refractivity (Wildman–Crippen MR) is 108 cm³/mol. The van der Waals surface area contributed by atoms with Gasteiger partial charge in [-0.05, 0) is 36.2 Å². The van der Waals surface area contributed by atoms with Crippen LogP contribution in [0.3, 0.4) is 0 Å². The summed E-state index contributed by atoms with van der Waals surface area (Å²) in [4.78, 5) is 11.4. The lowest BCUT2D eigenvalue weighted by molar-refractivity contribution is 0.1000. The zero-order chi connectivity index (χ0) is 18.9. The maximum absolute atomic E-state index is 13.1. The van der Waals surface area contributed by atoms with Crippen LogP contribution in [0.4, 0.5) is 0 Å². The minimum absolute atomic E-state index is 0. The van der Waals surface area contributed by atoms with E-state index in [1.54, 1.807) is 0 Å². The SMILES string of the molecule is Cl.NC[C@@H]1CN(S(=O)(=O)c2cc(Cl)cc(C(N)=O)c2)C[C@H]1c1ccccc1. The van der Waals surface area contributed by atoms with Crippen molar-refractivity contribution in [3.63, 3.8) is 0 Å². The third kappa shape index (κ3) is 4.44. The molecule has 146 valence electrons. The van der Waals surface area contributed by atoms with Gasteiger partial charge in [0.15, 0.2) is 0 Å². The molecule has 3 rings (SSSR count). The van der Waals surface area contributed by atoms with E-state index in [9.17, 15) is 13.2 Å². The van der Waals surface area contributed by atoms with Crippen molar-refractivity contribution in [2.24, 2.45) is 17.4 Å². The first kappa shape index (κ1) is 21.7. The van der Waals surface area contributed by atoms with Gasteiger partial charge < -0.3 is 11.5 Å². The van der Waals surface area contributed by atoms with Crippen molar-refractivity contribution in [3.05, 3.63) is 64.7 Å². The van der Waals surface area contributed by atoms with Gasteiger partial charge >= 0.3 is 0 Å². The molecule has 1 fully saturated rings. The molecule has 0 saturated carbocycles. The Morgan fingerprint density at radius 3 is 2.41 bits per heavy atom. The topological polar surface area (TPSA) is 106 Å². The number of benzene rings is 2. The van der Waals surface area contributed by atoms with E-state index >= 15 is 0 Å². The number of hydrogen-bond acceptors (Lipinski definition) is 4. The fourth-order valence-corrected chi connectivity index (χ4v) is 5.24. The fraction of sp³-hybridized carbons (Fsp3) is 0.278. The number of sulfonamides is 1. The minimum Gasteiger partial charge on any atom is -0.366 e. The summed E-state index contributed by atoms with van der Waals surface area (Å²) >= 11 is 5.98. The molecule has 0 aromatic heterocycles. The lowest BCUT2D eigenvalue weighted by atomic mass is 9.89. The number of halogens is 2. The summed E-state index contributed by atoms with van der Waals surface area (Å²) in [7, 11) is -3.82. The molecule has 0 radical (unpaired) electrons. The van der Waals surface area contributed by atoms with E-state index in [1.807, 2.05) is 30.3 Å². The largest absolute Gasteiger partial charge is 0.366 e. The molecule has 0 spiro atoms. The van der Waals surface area contributed by atoms with E-state index in [0.29, 0.717) is 19.6 Å². The molecule has 9 heteroatoms. The maximum Gasteiger partial charge on any atom is 0.248 e. The first-order valence-electron chi connectivity index (χ1n) is 8.18. The van der Waals surface area contributed by atoms with Crippen LogP contribution in [-0.2, 0) is 10.0 Å². The number of nitrogens with two attached hydrogens (primary N) is 2. The molecule has 0 bridgehead atoms. The third-order valence-electron chi connectivity index (χ3n) is 4.73. The van der Waals surface area contributed by atoms with Gasteiger partial charge in [-0.3, -0.25) is 4.79 Å². The number of primary amides is 1. The highest BCUT2D eigenvalue weighted by molar-refractivity contribution is 7.89. The molecule has 2 aromatic carbocycles. The molecule has 27 heavy (non-hydrogen) atoms. The average molecular weight is 430 g/mol. The Hall–Kier alpha value is -1.64. The summed E-state index contributed by atoms with van der Waals surface area (Å²) in [5, 5.41) is 0.147. The molecule has 1 aliphatic heterocycles. The maximum atomic E-state index is 13.1. The van der Waals surface area contributed by atoms with Crippen LogP contribution in [0.15, 0.2) is 53.4 Å². The molecular formula is C18H21Cl2N3O3S. The van der Waals surface area contributed by atoms with Gasteiger partial charge in [-0.2, -0.15) is 4.31 Å². The monoisotopic (exact) mass is 429 g/mol. The molecule has 1 aliphatic rings. The number of amides is 1. The highest BCUT2D eigenvalue weighted by Crippen LogP contribution is 2.35. The van der Waals surface area contributed by atoms with Crippen LogP contribution in [0.1, 0.15) is 21.8 Å².